The average Bonchev–Trinajstić information content (AvgIpc) is 2.74. The van der Waals surface area contributed by atoms with Gasteiger partial charge in [0.05, 0.1) is 31.5 Å². The lowest BCUT2D eigenvalue weighted by Crippen LogP contribution is -2.14. The smallest absolute Gasteiger partial charge is 0.274 e. The average molecular weight is 374 g/mol. The van der Waals surface area contributed by atoms with Gasteiger partial charge >= 0.3 is 0 Å². The van der Waals surface area contributed by atoms with Crippen LogP contribution in [0.5, 0.6) is 11.5 Å². The van der Waals surface area contributed by atoms with Gasteiger partial charge in [0.1, 0.15) is 17.2 Å². The molecule has 0 spiro atoms. The molecule has 0 atom stereocenters. The first-order valence-corrected chi connectivity index (χ1v) is 8.39. The first-order chi connectivity index (χ1) is 13.6. The Morgan fingerprint density at radius 1 is 1.04 bits per heavy atom. The van der Waals surface area contributed by atoms with Crippen LogP contribution in [0.2, 0.25) is 0 Å². The number of aromatic nitrogens is 1. The summed E-state index contributed by atoms with van der Waals surface area (Å²) in [6.45, 7) is 0. The minimum absolute atomic E-state index is 0.236. The van der Waals surface area contributed by atoms with Crippen LogP contribution in [0, 0.1) is 11.3 Å². The molecule has 3 rings (SSSR count). The highest BCUT2D eigenvalue weighted by Gasteiger charge is 2.11. The van der Waals surface area contributed by atoms with Crippen LogP contribution in [0.1, 0.15) is 16.1 Å². The van der Waals surface area contributed by atoms with E-state index in [9.17, 15) is 4.79 Å². The maximum Gasteiger partial charge on any atom is 0.274 e. The number of ether oxygens (including phenoxy) is 2. The largest absolute Gasteiger partial charge is 0.497 e. The standard InChI is InChI=1S/C21H18N4O3/c1-27-17-6-7-18(20(12-17)28-2)24-16-8-9-23-19(11-16)21(26)25-15-5-3-4-14(10-15)13-22/h3-12H,1-2H3,(H,23,24)(H,25,26). The monoisotopic (exact) mass is 374 g/mol. The molecular weight excluding hydrogens is 356 g/mol. The van der Waals surface area contributed by atoms with Gasteiger partial charge in [-0.25, -0.2) is 0 Å². The molecule has 0 aliphatic rings. The van der Waals surface area contributed by atoms with Gasteiger partial charge in [-0.15, -0.1) is 0 Å². The van der Waals surface area contributed by atoms with Crippen molar-refractivity contribution in [2.24, 2.45) is 0 Å². The first kappa shape index (κ1) is 18.7. The quantitative estimate of drug-likeness (QED) is 0.678. The van der Waals surface area contributed by atoms with Crippen LogP contribution in [0.3, 0.4) is 0 Å². The van der Waals surface area contributed by atoms with E-state index in [1.807, 2.05) is 18.2 Å². The van der Waals surface area contributed by atoms with Crippen LogP contribution in [-0.2, 0) is 0 Å². The molecule has 2 N–H and O–H groups in total. The maximum absolute atomic E-state index is 12.5. The number of methoxy groups -OCH3 is 2. The summed E-state index contributed by atoms with van der Waals surface area (Å²) in [5, 5.41) is 14.9. The summed E-state index contributed by atoms with van der Waals surface area (Å²) in [4.78, 5) is 16.6. The Labute approximate surface area is 162 Å². The predicted octanol–water partition coefficient (Wildman–Crippen LogP) is 3.97. The number of amides is 1. The summed E-state index contributed by atoms with van der Waals surface area (Å²) in [7, 11) is 3.16. The molecule has 0 radical (unpaired) electrons. The third-order valence-corrected chi connectivity index (χ3v) is 3.93. The molecule has 140 valence electrons. The van der Waals surface area contributed by atoms with E-state index in [0.29, 0.717) is 28.4 Å². The Bertz CT molecular complexity index is 1040. The number of pyridine rings is 1. The zero-order valence-electron chi connectivity index (χ0n) is 15.4. The van der Waals surface area contributed by atoms with Crippen LogP contribution < -0.4 is 20.1 Å². The van der Waals surface area contributed by atoms with Crippen molar-refractivity contribution in [2.45, 2.75) is 0 Å². The van der Waals surface area contributed by atoms with Crippen molar-refractivity contribution in [3.8, 4) is 17.6 Å². The van der Waals surface area contributed by atoms with Crippen molar-refractivity contribution in [3.05, 3.63) is 72.1 Å². The van der Waals surface area contributed by atoms with Crippen molar-refractivity contribution in [3.63, 3.8) is 0 Å². The number of nitrogens with zero attached hydrogens (tertiary/aromatic N) is 2. The van der Waals surface area contributed by atoms with Gasteiger partial charge in [0.2, 0.25) is 0 Å². The summed E-state index contributed by atoms with van der Waals surface area (Å²) in [5.74, 6) is 0.910. The molecule has 1 amide bonds. The molecule has 7 nitrogen and oxygen atoms in total. The lowest BCUT2D eigenvalue weighted by molar-refractivity contribution is 0.102. The van der Waals surface area contributed by atoms with Gasteiger partial charge in [-0.1, -0.05) is 6.07 Å². The lowest BCUT2D eigenvalue weighted by atomic mass is 10.2. The number of hydrogen-bond acceptors (Lipinski definition) is 6. The number of benzene rings is 2. The fraction of sp³-hybridized carbons (Fsp3) is 0.0952. The van der Waals surface area contributed by atoms with Crippen LogP contribution in [0.25, 0.3) is 0 Å². The van der Waals surface area contributed by atoms with Gasteiger partial charge in [-0.3, -0.25) is 9.78 Å². The molecule has 0 saturated carbocycles. The fourth-order valence-electron chi connectivity index (χ4n) is 2.55. The van der Waals surface area contributed by atoms with Gasteiger partial charge in [0.25, 0.3) is 5.91 Å². The van der Waals surface area contributed by atoms with Crippen molar-refractivity contribution in [1.29, 1.82) is 5.26 Å². The Morgan fingerprint density at radius 2 is 1.89 bits per heavy atom. The predicted molar refractivity (Wildman–Crippen MR) is 106 cm³/mol. The Balaban J connectivity index is 1.78. The topological polar surface area (TPSA) is 96.3 Å². The number of rotatable bonds is 6. The van der Waals surface area contributed by atoms with Crippen LogP contribution in [0.15, 0.2) is 60.8 Å². The molecule has 3 aromatic rings. The normalized spacial score (nSPS) is 9.89. The van der Waals surface area contributed by atoms with Gasteiger partial charge in [-0.2, -0.15) is 5.26 Å². The maximum atomic E-state index is 12.5. The number of carbonyl (C=O) groups excluding carboxylic acids is 1. The minimum Gasteiger partial charge on any atom is -0.497 e. The molecule has 0 aliphatic heterocycles. The number of nitrogens with one attached hydrogen (secondary N) is 2. The van der Waals surface area contributed by atoms with E-state index >= 15 is 0 Å². The van der Waals surface area contributed by atoms with Crippen LogP contribution >= 0.6 is 0 Å². The second-order valence-electron chi connectivity index (χ2n) is 5.77. The molecule has 0 aliphatic carbocycles. The molecule has 28 heavy (non-hydrogen) atoms. The first-order valence-electron chi connectivity index (χ1n) is 8.39. The molecule has 7 heteroatoms. The Hall–Kier alpha value is -4.05. The summed E-state index contributed by atoms with van der Waals surface area (Å²) in [6, 6.07) is 17.5. The summed E-state index contributed by atoms with van der Waals surface area (Å²) >= 11 is 0. The Morgan fingerprint density at radius 3 is 2.64 bits per heavy atom. The van der Waals surface area contributed by atoms with Crippen molar-refractivity contribution in [2.75, 3.05) is 24.9 Å². The molecule has 0 saturated heterocycles. The highest BCUT2D eigenvalue weighted by molar-refractivity contribution is 6.03. The van der Waals surface area contributed by atoms with E-state index < -0.39 is 0 Å². The summed E-state index contributed by atoms with van der Waals surface area (Å²) < 4.78 is 10.6. The molecule has 1 heterocycles. The lowest BCUT2D eigenvalue weighted by Gasteiger charge is -2.13. The van der Waals surface area contributed by atoms with Crippen molar-refractivity contribution < 1.29 is 14.3 Å². The highest BCUT2D eigenvalue weighted by atomic mass is 16.5. The molecular formula is C21H18N4O3. The number of hydrogen-bond donors (Lipinski definition) is 2. The second-order valence-corrected chi connectivity index (χ2v) is 5.77. The third-order valence-electron chi connectivity index (χ3n) is 3.93. The van der Waals surface area contributed by atoms with Gasteiger partial charge in [-0.05, 0) is 42.5 Å². The van der Waals surface area contributed by atoms with E-state index in [1.165, 1.54) is 0 Å². The molecule has 2 aromatic carbocycles. The Kier molecular flexibility index (Phi) is 5.72. The number of nitriles is 1. The van der Waals surface area contributed by atoms with E-state index in [4.69, 9.17) is 14.7 Å². The number of anilines is 3. The van der Waals surface area contributed by atoms with Gasteiger partial charge in [0.15, 0.2) is 0 Å². The SMILES string of the molecule is COc1ccc(Nc2ccnc(C(=O)Nc3cccc(C#N)c3)c2)c(OC)c1. The van der Waals surface area contributed by atoms with E-state index in [-0.39, 0.29) is 11.6 Å². The zero-order valence-corrected chi connectivity index (χ0v) is 15.4. The van der Waals surface area contributed by atoms with Gasteiger partial charge in [0, 0.05) is 23.6 Å². The van der Waals surface area contributed by atoms with Crippen molar-refractivity contribution in [1.82, 2.24) is 4.98 Å². The van der Waals surface area contributed by atoms with Crippen molar-refractivity contribution >= 4 is 23.0 Å². The molecule has 1 aromatic heterocycles. The van der Waals surface area contributed by atoms with Gasteiger partial charge < -0.3 is 20.1 Å². The van der Waals surface area contributed by atoms with Crippen LogP contribution in [-0.4, -0.2) is 25.1 Å². The summed E-state index contributed by atoms with van der Waals surface area (Å²) in [6.07, 6.45) is 1.54. The summed E-state index contributed by atoms with van der Waals surface area (Å²) in [5.41, 5.74) is 2.63. The van der Waals surface area contributed by atoms with E-state index in [2.05, 4.69) is 15.6 Å². The zero-order chi connectivity index (χ0) is 19.9. The fourth-order valence-corrected chi connectivity index (χ4v) is 2.55. The molecule has 0 unspecified atom stereocenters. The second kappa shape index (κ2) is 8.56. The third kappa shape index (κ3) is 4.37. The highest BCUT2D eigenvalue weighted by Crippen LogP contribution is 2.31. The molecule has 0 bridgehead atoms. The van der Waals surface area contributed by atoms with Crippen LogP contribution in [0.4, 0.5) is 17.1 Å². The minimum atomic E-state index is -0.375. The van der Waals surface area contributed by atoms with E-state index in [1.54, 1.807) is 62.9 Å². The number of carbonyl (C=O) groups is 1. The molecule has 0 fully saturated rings. The van der Waals surface area contributed by atoms with E-state index in [0.717, 1.165) is 5.69 Å².